The first-order chi connectivity index (χ1) is 19.5. The van der Waals surface area contributed by atoms with Crippen molar-refractivity contribution in [3.8, 4) is 0 Å². The van der Waals surface area contributed by atoms with Crippen molar-refractivity contribution in [2.45, 2.75) is 85.3 Å². The number of imidazole rings is 1. The van der Waals surface area contributed by atoms with E-state index in [0.29, 0.717) is 37.5 Å². The van der Waals surface area contributed by atoms with Gasteiger partial charge in [0.15, 0.2) is 5.82 Å². The number of hydrogen-bond donors (Lipinski definition) is 0. The van der Waals surface area contributed by atoms with Crippen LogP contribution in [0.4, 0.5) is 19.0 Å². The van der Waals surface area contributed by atoms with Gasteiger partial charge in [0.25, 0.3) is 0 Å². The molecule has 0 aliphatic carbocycles. The summed E-state index contributed by atoms with van der Waals surface area (Å²) in [6, 6.07) is 5.52. The number of nitrogens with zero attached hydrogens (tertiary/aromatic N) is 6. The molecule has 4 heterocycles. The molecule has 2 fully saturated rings. The van der Waals surface area contributed by atoms with Crippen LogP contribution in [0, 0.1) is 12.8 Å². The largest absolute Gasteiger partial charge is 0.416 e. The molecule has 2 aromatic heterocycles. The number of alkyl halides is 3. The van der Waals surface area contributed by atoms with Gasteiger partial charge in [-0.05, 0) is 50.3 Å². The number of ether oxygens (including phenoxy) is 1. The van der Waals surface area contributed by atoms with E-state index in [4.69, 9.17) is 9.72 Å². The van der Waals surface area contributed by atoms with Crippen LogP contribution < -0.4 is 10.6 Å². The van der Waals surface area contributed by atoms with E-state index in [2.05, 4.69) is 40.1 Å². The van der Waals surface area contributed by atoms with Gasteiger partial charge in [-0.3, -0.25) is 9.47 Å². The lowest BCUT2D eigenvalue weighted by Crippen LogP contribution is -2.54. The molecular formula is C30H43F3N6O2. The molecule has 0 bridgehead atoms. The topological polar surface area (TPSA) is 68.4 Å². The smallest absolute Gasteiger partial charge is 0.376 e. The number of benzene rings is 1. The number of anilines is 1. The van der Waals surface area contributed by atoms with E-state index < -0.39 is 11.7 Å². The molecule has 11 heteroatoms. The minimum Gasteiger partial charge on any atom is -0.376 e. The Morgan fingerprint density at radius 2 is 1.78 bits per heavy atom. The molecule has 2 aliphatic rings. The first-order valence-electron chi connectivity index (χ1n) is 14.7. The number of aromatic nitrogens is 4. The second-order valence-corrected chi connectivity index (χ2v) is 11.2. The van der Waals surface area contributed by atoms with Gasteiger partial charge in [0.1, 0.15) is 17.0 Å². The van der Waals surface area contributed by atoms with Crippen LogP contribution in [0.25, 0.3) is 11.2 Å². The predicted molar refractivity (Wildman–Crippen MR) is 155 cm³/mol. The third-order valence-corrected chi connectivity index (χ3v) is 8.10. The van der Waals surface area contributed by atoms with Crippen LogP contribution in [-0.2, 0) is 24.5 Å². The normalized spacial score (nSPS) is 20.9. The first-order valence-corrected chi connectivity index (χ1v) is 14.7. The average Bonchev–Trinajstić information content (AvgIpc) is 3.56. The lowest BCUT2D eigenvalue weighted by molar-refractivity contribution is -0.137. The molecule has 2 aliphatic heterocycles. The molecular weight excluding hydrogens is 533 g/mol. The van der Waals surface area contributed by atoms with Crippen LogP contribution in [0.1, 0.15) is 70.5 Å². The maximum Gasteiger partial charge on any atom is 0.416 e. The van der Waals surface area contributed by atoms with Crippen molar-refractivity contribution < 1.29 is 17.9 Å². The minimum absolute atomic E-state index is 0.0147. The zero-order valence-corrected chi connectivity index (χ0v) is 25.2. The summed E-state index contributed by atoms with van der Waals surface area (Å²) in [7, 11) is 1.73. The lowest BCUT2D eigenvalue weighted by Gasteiger charge is -2.45. The van der Waals surface area contributed by atoms with Crippen molar-refractivity contribution >= 4 is 17.0 Å². The second kappa shape index (κ2) is 12.5. The van der Waals surface area contributed by atoms with Crippen molar-refractivity contribution in [2.75, 3.05) is 31.1 Å². The highest BCUT2D eigenvalue weighted by Crippen LogP contribution is 2.35. The Morgan fingerprint density at radius 3 is 2.34 bits per heavy atom. The summed E-state index contributed by atoms with van der Waals surface area (Å²) < 4.78 is 48.9. The SMILES string of the molecule is CC.Cc1nc2c(N3CCN(C(c4ccc(C(F)(F)F)cc4)C(C)C)CC3C)nc(=O)n(C)c2n1CC1CCCO1. The molecule has 0 radical (unpaired) electrons. The Kier molecular flexibility index (Phi) is 9.48. The Bertz CT molecular complexity index is 1380. The maximum absolute atomic E-state index is 13.1. The third-order valence-electron chi connectivity index (χ3n) is 8.10. The number of piperazine rings is 1. The summed E-state index contributed by atoms with van der Waals surface area (Å²) in [4.78, 5) is 26.8. The Hall–Kier alpha value is -2.92. The highest BCUT2D eigenvalue weighted by molar-refractivity contribution is 5.84. The maximum atomic E-state index is 13.1. The summed E-state index contributed by atoms with van der Waals surface area (Å²) in [6.07, 6.45) is -2.23. The molecule has 8 nitrogen and oxygen atoms in total. The predicted octanol–water partition coefficient (Wildman–Crippen LogP) is 5.57. The van der Waals surface area contributed by atoms with E-state index in [1.54, 1.807) is 23.7 Å². The molecule has 0 amide bonds. The first kappa shape index (κ1) is 31.0. The summed E-state index contributed by atoms with van der Waals surface area (Å²) in [5.74, 6) is 1.61. The van der Waals surface area contributed by atoms with Crippen LogP contribution in [0.2, 0.25) is 0 Å². The standard InChI is InChI=1S/C28H37F3N6O2.C2H6/c1-17(2)24(20-8-10-21(11-9-20)28(29,30)31)35-12-13-36(18(3)15-35)25-23-26(34(5)27(38)33-25)37(19(4)32-23)16-22-7-6-14-39-22;1-2/h8-11,17-18,22,24H,6-7,12-16H2,1-5H3;1-2H3. The fraction of sp³-hybridized carbons (Fsp3) is 0.633. The van der Waals surface area contributed by atoms with Gasteiger partial charge in [-0.2, -0.15) is 18.2 Å². The number of aryl methyl sites for hydroxylation is 2. The Labute approximate surface area is 240 Å². The van der Waals surface area contributed by atoms with Crippen molar-refractivity contribution in [3.63, 3.8) is 0 Å². The molecule has 3 aromatic rings. The van der Waals surface area contributed by atoms with Crippen molar-refractivity contribution in [2.24, 2.45) is 13.0 Å². The summed E-state index contributed by atoms with van der Waals surface area (Å²) in [6.45, 7) is 15.6. The number of fused-ring (bicyclic) bond motifs is 1. The summed E-state index contributed by atoms with van der Waals surface area (Å²) in [5.41, 5.74) is 1.36. The molecule has 2 saturated heterocycles. The van der Waals surface area contributed by atoms with Gasteiger partial charge >= 0.3 is 11.9 Å². The Morgan fingerprint density at radius 1 is 1.10 bits per heavy atom. The van der Waals surface area contributed by atoms with Crippen molar-refractivity contribution in [3.05, 3.63) is 51.7 Å². The van der Waals surface area contributed by atoms with E-state index in [1.165, 1.54) is 12.1 Å². The van der Waals surface area contributed by atoms with Gasteiger partial charge in [0.2, 0.25) is 0 Å². The minimum atomic E-state index is -4.35. The van der Waals surface area contributed by atoms with Crippen molar-refractivity contribution in [1.82, 2.24) is 24.0 Å². The van der Waals surface area contributed by atoms with E-state index in [0.717, 1.165) is 36.5 Å². The van der Waals surface area contributed by atoms with Gasteiger partial charge in [-0.1, -0.05) is 39.8 Å². The molecule has 3 unspecified atom stereocenters. The van der Waals surface area contributed by atoms with Crippen LogP contribution in [-0.4, -0.2) is 62.4 Å². The monoisotopic (exact) mass is 576 g/mol. The van der Waals surface area contributed by atoms with Crippen molar-refractivity contribution in [1.29, 1.82) is 0 Å². The molecule has 0 spiro atoms. The number of hydrogen-bond acceptors (Lipinski definition) is 6. The van der Waals surface area contributed by atoms with Crippen LogP contribution in [0.15, 0.2) is 29.1 Å². The van der Waals surface area contributed by atoms with E-state index in [1.807, 2.05) is 20.8 Å². The molecule has 41 heavy (non-hydrogen) atoms. The Balaban J connectivity index is 0.00000189. The van der Waals surface area contributed by atoms with Crippen LogP contribution >= 0.6 is 0 Å². The van der Waals surface area contributed by atoms with E-state index in [9.17, 15) is 18.0 Å². The van der Waals surface area contributed by atoms with Gasteiger partial charge in [-0.25, -0.2) is 9.78 Å². The van der Waals surface area contributed by atoms with Gasteiger partial charge in [-0.15, -0.1) is 0 Å². The fourth-order valence-electron chi connectivity index (χ4n) is 6.20. The van der Waals surface area contributed by atoms with Crippen LogP contribution in [0.5, 0.6) is 0 Å². The quantitative estimate of drug-likeness (QED) is 0.382. The highest BCUT2D eigenvalue weighted by atomic mass is 19.4. The molecule has 3 atom stereocenters. The number of rotatable bonds is 6. The molecule has 226 valence electrons. The summed E-state index contributed by atoms with van der Waals surface area (Å²) in [5, 5.41) is 0. The fourth-order valence-corrected chi connectivity index (χ4v) is 6.20. The zero-order valence-electron chi connectivity index (χ0n) is 25.2. The summed E-state index contributed by atoms with van der Waals surface area (Å²) >= 11 is 0. The molecule has 0 saturated carbocycles. The number of halogens is 3. The molecule has 1 aromatic carbocycles. The van der Waals surface area contributed by atoms with E-state index >= 15 is 0 Å². The van der Waals surface area contributed by atoms with Gasteiger partial charge in [0, 0.05) is 45.4 Å². The van der Waals surface area contributed by atoms with Gasteiger partial charge in [0.05, 0.1) is 18.2 Å². The second-order valence-electron chi connectivity index (χ2n) is 11.2. The van der Waals surface area contributed by atoms with Crippen LogP contribution in [0.3, 0.4) is 0 Å². The molecule has 0 N–H and O–H groups in total. The van der Waals surface area contributed by atoms with E-state index in [-0.39, 0.29) is 29.8 Å². The molecule has 5 rings (SSSR count). The van der Waals surface area contributed by atoms with Gasteiger partial charge < -0.3 is 14.2 Å². The highest BCUT2D eigenvalue weighted by Gasteiger charge is 2.35. The zero-order chi connectivity index (χ0) is 30.1. The lowest BCUT2D eigenvalue weighted by atomic mass is 9.92. The average molecular weight is 577 g/mol. The third kappa shape index (κ3) is 6.30.